The van der Waals surface area contributed by atoms with E-state index in [1.807, 2.05) is 42.0 Å². The van der Waals surface area contributed by atoms with Crippen LogP contribution in [0.4, 0.5) is 10.5 Å². The Labute approximate surface area is 169 Å². The minimum Gasteiger partial charge on any atom is -0.347 e. The summed E-state index contributed by atoms with van der Waals surface area (Å²) >= 11 is 12.1. The van der Waals surface area contributed by atoms with Crippen LogP contribution in [0.2, 0.25) is 10.0 Å². The molecule has 1 amide bonds. The Balaban J connectivity index is 1.56. The van der Waals surface area contributed by atoms with Gasteiger partial charge in [0.1, 0.15) is 0 Å². The number of amides is 1. The van der Waals surface area contributed by atoms with Gasteiger partial charge in [0.05, 0.1) is 28.1 Å². The summed E-state index contributed by atoms with van der Waals surface area (Å²) in [5, 5.41) is 5.33. The minimum atomic E-state index is -0.106. The van der Waals surface area contributed by atoms with Crippen LogP contribution in [0.1, 0.15) is 12.5 Å². The molecule has 0 unspecified atom stereocenters. The van der Waals surface area contributed by atoms with Crippen LogP contribution in [0, 0.1) is 0 Å². The second-order valence-corrected chi connectivity index (χ2v) is 7.55. The predicted octanol–water partition coefficient (Wildman–Crippen LogP) is 3.95. The van der Waals surface area contributed by atoms with Crippen LogP contribution in [0.5, 0.6) is 0 Å². The van der Waals surface area contributed by atoms with E-state index in [9.17, 15) is 4.79 Å². The molecule has 3 rings (SSSR count). The molecule has 0 spiro atoms. The zero-order chi connectivity index (χ0) is 19.6. The van der Waals surface area contributed by atoms with Crippen LogP contribution in [0.3, 0.4) is 0 Å². The summed E-state index contributed by atoms with van der Waals surface area (Å²) in [7, 11) is 1.90. The number of rotatable bonds is 4. The summed E-state index contributed by atoms with van der Waals surface area (Å²) in [6, 6.07) is 5.58. The lowest BCUT2D eigenvalue weighted by molar-refractivity contribution is 0.134. The number of piperazine rings is 1. The normalized spacial score (nSPS) is 15.0. The van der Waals surface area contributed by atoms with Crippen molar-refractivity contribution in [3.05, 3.63) is 58.5 Å². The molecule has 2 heterocycles. The molecule has 27 heavy (non-hydrogen) atoms. The molecule has 1 aliphatic rings. The smallest absolute Gasteiger partial charge is 0.344 e. The molecule has 1 saturated heterocycles. The Hall–Kier alpha value is -2.02. The summed E-state index contributed by atoms with van der Waals surface area (Å²) < 4.78 is 1.39. The highest BCUT2D eigenvalue weighted by molar-refractivity contribution is 6.42. The maximum atomic E-state index is 12.7. The molecule has 0 aliphatic carbocycles. The topological polar surface area (TPSA) is 44.6 Å². The van der Waals surface area contributed by atoms with E-state index < -0.39 is 0 Å². The molecule has 0 N–H and O–H groups in total. The zero-order valence-corrected chi connectivity index (χ0v) is 17.0. The van der Waals surface area contributed by atoms with Crippen molar-refractivity contribution in [1.82, 2.24) is 19.6 Å². The molecule has 0 bridgehead atoms. The fraction of sp³-hybridized carbons (Fsp3) is 0.368. The van der Waals surface area contributed by atoms with Crippen LogP contribution >= 0.6 is 23.2 Å². The Morgan fingerprint density at radius 2 is 1.93 bits per heavy atom. The van der Waals surface area contributed by atoms with Gasteiger partial charge in [-0.1, -0.05) is 35.8 Å². The average molecular weight is 408 g/mol. The quantitative estimate of drug-likeness (QED) is 0.769. The van der Waals surface area contributed by atoms with Gasteiger partial charge in [-0.2, -0.15) is 9.78 Å². The third-order valence-corrected chi connectivity index (χ3v) is 5.50. The first-order valence-electron chi connectivity index (χ1n) is 8.74. The number of nitrogens with zero attached hydrogens (tertiary/aromatic N) is 5. The second-order valence-electron chi connectivity index (χ2n) is 6.73. The molecule has 1 aromatic carbocycles. The van der Waals surface area contributed by atoms with E-state index >= 15 is 0 Å². The third kappa shape index (κ3) is 4.64. The second kappa shape index (κ2) is 8.33. The average Bonchev–Trinajstić information content (AvgIpc) is 3.14. The van der Waals surface area contributed by atoms with Crippen LogP contribution in [-0.2, 0) is 6.54 Å². The first kappa shape index (κ1) is 19.7. The monoisotopic (exact) mass is 407 g/mol. The van der Waals surface area contributed by atoms with Gasteiger partial charge in [0.15, 0.2) is 0 Å². The molecule has 1 aliphatic heterocycles. The lowest BCUT2D eigenvalue weighted by atomic mass is 10.2. The summed E-state index contributed by atoms with van der Waals surface area (Å²) in [5.74, 6) is 0. The summed E-state index contributed by atoms with van der Waals surface area (Å²) in [4.78, 5) is 18.7. The van der Waals surface area contributed by atoms with Gasteiger partial charge in [0.25, 0.3) is 0 Å². The highest BCUT2D eigenvalue weighted by Gasteiger charge is 2.23. The molecule has 0 atom stereocenters. The largest absolute Gasteiger partial charge is 0.347 e. The molecular formula is C19H23Cl2N5O. The van der Waals surface area contributed by atoms with Crippen molar-refractivity contribution >= 4 is 34.9 Å². The van der Waals surface area contributed by atoms with Crippen LogP contribution in [0.15, 0.2) is 42.9 Å². The molecule has 1 fully saturated rings. The number of allylic oxidation sites excluding steroid dienone is 1. The van der Waals surface area contributed by atoms with E-state index in [0.29, 0.717) is 23.1 Å². The molecule has 2 aromatic rings. The number of hydrogen-bond donors (Lipinski definition) is 0. The van der Waals surface area contributed by atoms with E-state index in [-0.39, 0.29) is 6.03 Å². The van der Waals surface area contributed by atoms with Gasteiger partial charge in [-0.3, -0.25) is 4.90 Å². The fourth-order valence-electron chi connectivity index (χ4n) is 2.95. The molecule has 1 aromatic heterocycles. The van der Waals surface area contributed by atoms with Gasteiger partial charge in [0, 0.05) is 45.5 Å². The molecule has 0 saturated carbocycles. The van der Waals surface area contributed by atoms with Gasteiger partial charge in [-0.15, -0.1) is 0 Å². The van der Waals surface area contributed by atoms with E-state index in [0.717, 1.165) is 36.6 Å². The molecular weight excluding hydrogens is 385 g/mol. The van der Waals surface area contributed by atoms with Gasteiger partial charge in [-0.05, 0) is 24.6 Å². The van der Waals surface area contributed by atoms with Crippen LogP contribution in [-0.4, -0.2) is 58.8 Å². The number of carbonyl (C=O) groups excluding carboxylic acids is 1. The molecule has 144 valence electrons. The minimum absolute atomic E-state index is 0.106. The Bertz CT molecular complexity index is 842. The molecule has 8 heteroatoms. The highest BCUT2D eigenvalue weighted by Crippen LogP contribution is 2.23. The number of halogens is 2. The Morgan fingerprint density at radius 1 is 1.22 bits per heavy atom. The maximum absolute atomic E-state index is 12.7. The van der Waals surface area contributed by atoms with E-state index in [2.05, 4.69) is 16.6 Å². The summed E-state index contributed by atoms with van der Waals surface area (Å²) in [5.41, 5.74) is 2.84. The van der Waals surface area contributed by atoms with Crippen molar-refractivity contribution in [3.8, 4) is 0 Å². The van der Waals surface area contributed by atoms with Crippen molar-refractivity contribution in [3.63, 3.8) is 0 Å². The summed E-state index contributed by atoms with van der Waals surface area (Å²) in [6.07, 6.45) is 3.41. The van der Waals surface area contributed by atoms with E-state index in [4.69, 9.17) is 23.2 Å². The van der Waals surface area contributed by atoms with Crippen LogP contribution in [0.25, 0.3) is 0 Å². The highest BCUT2D eigenvalue weighted by atomic mass is 35.5. The van der Waals surface area contributed by atoms with Crippen molar-refractivity contribution in [2.45, 2.75) is 13.5 Å². The number of hydrogen-bond acceptors (Lipinski definition) is 4. The summed E-state index contributed by atoms with van der Waals surface area (Å²) in [6.45, 7) is 9.51. The van der Waals surface area contributed by atoms with Crippen LogP contribution < -0.4 is 4.90 Å². The lowest BCUT2D eigenvalue weighted by Crippen LogP contribution is -2.49. The SMILES string of the molecule is C=C(C)N(C)c1cnn(C(=O)N2CCN(Cc3ccc(Cl)c(Cl)c3)CC2)c1. The van der Waals surface area contributed by atoms with Gasteiger partial charge in [0.2, 0.25) is 0 Å². The number of benzene rings is 1. The van der Waals surface area contributed by atoms with Gasteiger partial charge >= 0.3 is 6.03 Å². The Kier molecular flexibility index (Phi) is 6.09. The zero-order valence-electron chi connectivity index (χ0n) is 15.5. The number of carbonyl (C=O) groups is 1. The number of aromatic nitrogens is 2. The first-order valence-corrected chi connectivity index (χ1v) is 9.50. The van der Waals surface area contributed by atoms with E-state index in [1.54, 1.807) is 12.4 Å². The number of anilines is 1. The van der Waals surface area contributed by atoms with E-state index in [1.165, 1.54) is 4.68 Å². The standard InChI is InChI=1S/C19H23Cl2N5O/c1-14(2)23(3)16-11-22-26(13-16)19(27)25-8-6-24(7-9-25)12-15-4-5-17(20)18(21)10-15/h4-5,10-11,13H,1,6-9,12H2,2-3H3. The van der Waals surface area contributed by atoms with Crippen molar-refractivity contribution in [2.24, 2.45) is 0 Å². The van der Waals surface area contributed by atoms with Gasteiger partial charge in [-0.25, -0.2) is 4.79 Å². The lowest BCUT2D eigenvalue weighted by Gasteiger charge is -2.34. The van der Waals surface area contributed by atoms with Crippen molar-refractivity contribution < 1.29 is 4.79 Å². The fourth-order valence-corrected chi connectivity index (χ4v) is 3.27. The van der Waals surface area contributed by atoms with Gasteiger partial charge < -0.3 is 9.80 Å². The third-order valence-electron chi connectivity index (χ3n) is 4.76. The molecule has 0 radical (unpaired) electrons. The van der Waals surface area contributed by atoms with Crippen molar-refractivity contribution in [1.29, 1.82) is 0 Å². The Morgan fingerprint density at radius 3 is 2.56 bits per heavy atom. The first-order chi connectivity index (χ1) is 12.8. The maximum Gasteiger partial charge on any atom is 0.344 e. The predicted molar refractivity (Wildman–Crippen MR) is 110 cm³/mol. The molecule has 6 nitrogen and oxygen atoms in total. The van der Waals surface area contributed by atoms with Crippen molar-refractivity contribution in [2.75, 3.05) is 38.1 Å².